The van der Waals surface area contributed by atoms with E-state index in [-0.39, 0.29) is 17.7 Å². The molecule has 3 rings (SSSR count). The Labute approximate surface area is 125 Å². The number of hydrogen-bond donors (Lipinski definition) is 0. The molecule has 0 bridgehead atoms. The summed E-state index contributed by atoms with van der Waals surface area (Å²) >= 11 is 0. The average Bonchev–Trinajstić information content (AvgIpc) is 3.00. The van der Waals surface area contributed by atoms with Crippen molar-refractivity contribution in [2.75, 3.05) is 0 Å². The molecule has 0 N–H and O–H groups in total. The van der Waals surface area contributed by atoms with Gasteiger partial charge in [0.25, 0.3) is 0 Å². The number of aromatic nitrogens is 3. The van der Waals surface area contributed by atoms with Crippen molar-refractivity contribution in [3.63, 3.8) is 0 Å². The smallest absolute Gasteiger partial charge is 0.186 e. The van der Waals surface area contributed by atoms with Crippen molar-refractivity contribution in [1.82, 2.24) is 14.8 Å². The van der Waals surface area contributed by atoms with Crippen LogP contribution in [0.1, 0.15) is 11.1 Å². The first-order valence-corrected chi connectivity index (χ1v) is 6.62. The van der Waals surface area contributed by atoms with Gasteiger partial charge in [-0.2, -0.15) is 5.10 Å². The molecule has 0 saturated carbocycles. The van der Waals surface area contributed by atoms with Crippen LogP contribution in [0.25, 0.3) is 0 Å². The third-order valence-electron chi connectivity index (χ3n) is 3.45. The largest absolute Gasteiger partial charge is 0.249 e. The van der Waals surface area contributed by atoms with Gasteiger partial charge in [-0.05, 0) is 12.1 Å². The minimum Gasteiger partial charge on any atom is -0.249 e. The van der Waals surface area contributed by atoms with Crippen molar-refractivity contribution >= 4 is 0 Å². The average molecular weight is 303 g/mol. The van der Waals surface area contributed by atoms with Gasteiger partial charge in [-0.1, -0.05) is 36.4 Å². The molecular weight excluding hydrogens is 291 g/mol. The van der Waals surface area contributed by atoms with Crippen molar-refractivity contribution in [3.8, 4) is 0 Å². The summed E-state index contributed by atoms with van der Waals surface area (Å²) in [6.45, 7) is -0.380. The van der Waals surface area contributed by atoms with Crippen LogP contribution < -0.4 is 0 Å². The van der Waals surface area contributed by atoms with Crippen LogP contribution in [0.15, 0.2) is 61.2 Å². The maximum absolute atomic E-state index is 15.8. The number of hydrogen-bond acceptors (Lipinski definition) is 2. The van der Waals surface area contributed by atoms with Crippen LogP contribution in [0.4, 0.5) is 13.2 Å². The predicted octanol–water partition coefficient (Wildman–Crippen LogP) is 3.47. The highest BCUT2D eigenvalue weighted by molar-refractivity contribution is 5.37. The van der Waals surface area contributed by atoms with Crippen LogP contribution in [0.5, 0.6) is 0 Å². The Hall–Kier alpha value is -2.63. The molecular formula is C16H12F3N3. The minimum absolute atomic E-state index is 0.240. The van der Waals surface area contributed by atoms with Crippen LogP contribution in [0.3, 0.4) is 0 Å². The van der Waals surface area contributed by atoms with Gasteiger partial charge >= 0.3 is 0 Å². The number of rotatable bonds is 4. The van der Waals surface area contributed by atoms with E-state index in [0.29, 0.717) is 0 Å². The van der Waals surface area contributed by atoms with Crippen molar-refractivity contribution < 1.29 is 13.2 Å². The van der Waals surface area contributed by atoms with E-state index < -0.39 is 17.3 Å². The second kappa shape index (κ2) is 5.63. The van der Waals surface area contributed by atoms with Crippen LogP contribution in [-0.2, 0) is 12.2 Å². The summed E-state index contributed by atoms with van der Waals surface area (Å²) in [5.41, 5.74) is -2.88. The van der Waals surface area contributed by atoms with Crippen LogP contribution >= 0.6 is 0 Å². The topological polar surface area (TPSA) is 30.7 Å². The van der Waals surface area contributed by atoms with Gasteiger partial charge in [0.05, 0.1) is 6.54 Å². The molecule has 0 fully saturated rings. The molecule has 3 nitrogen and oxygen atoms in total. The molecule has 112 valence electrons. The maximum atomic E-state index is 15.8. The molecule has 0 atom stereocenters. The second-order valence-electron chi connectivity index (χ2n) is 4.85. The minimum atomic E-state index is -2.40. The first-order chi connectivity index (χ1) is 10.6. The van der Waals surface area contributed by atoms with E-state index >= 15 is 4.39 Å². The standard InChI is InChI=1S/C16H12F3N3/c17-14-7-3-1-5-12(14)16(19,9-22-11-20-10-21-22)13-6-2-4-8-15(13)18/h1-8,10-11H,9H2. The van der Waals surface area contributed by atoms with Gasteiger partial charge in [-0.15, -0.1) is 0 Å². The Kier molecular flexibility index (Phi) is 3.66. The SMILES string of the molecule is Fc1ccccc1C(F)(Cn1cncn1)c1ccccc1F. The summed E-state index contributed by atoms with van der Waals surface area (Å²) in [5, 5.41) is 3.83. The number of alkyl halides is 1. The van der Waals surface area contributed by atoms with Crippen LogP contribution in [-0.4, -0.2) is 14.8 Å². The lowest BCUT2D eigenvalue weighted by atomic mass is 9.87. The third-order valence-corrected chi connectivity index (χ3v) is 3.45. The molecule has 0 aliphatic carbocycles. The third kappa shape index (κ3) is 2.47. The highest BCUT2D eigenvalue weighted by Crippen LogP contribution is 2.38. The number of benzene rings is 2. The fourth-order valence-electron chi connectivity index (χ4n) is 2.42. The van der Waals surface area contributed by atoms with E-state index in [1.54, 1.807) is 0 Å². The van der Waals surface area contributed by atoms with Crippen molar-refractivity contribution in [2.45, 2.75) is 12.2 Å². The molecule has 3 aromatic rings. The lowest BCUT2D eigenvalue weighted by Crippen LogP contribution is -2.30. The van der Waals surface area contributed by atoms with Gasteiger partial charge in [0.2, 0.25) is 0 Å². The Morgan fingerprint density at radius 3 is 1.91 bits per heavy atom. The maximum Gasteiger partial charge on any atom is 0.186 e. The van der Waals surface area contributed by atoms with Crippen molar-refractivity contribution in [2.24, 2.45) is 0 Å². The van der Waals surface area contributed by atoms with Gasteiger partial charge in [0.15, 0.2) is 5.67 Å². The molecule has 0 spiro atoms. The molecule has 0 aliphatic rings. The molecule has 6 heteroatoms. The molecule has 0 saturated heterocycles. The molecule has 0 amide bonds. The summed E-state index contributed by atoms with van der Waals surface area (Å²) in [6.07, 6.45) is 2.54. The zero-order chi connectivity index (χ0) is 15.6. The zero-order valence-electron chi connectivity index (χ0n) is 11.5. The Morgan fingerprint density at radius 2 is 1.45 bits per heavy atom. The summed E-state index contributed by atoms with van der Waals surface area (Å²) < 4.78 is 45.2. The summed E-state index contributed by atoms with van der Waals surface area (Å²) in [4.78, 5) is 3.74. The Morgan fingerprint density at radius 1 is 0.909 bits per heavy atom. The molecule has 0 radical (unpaired) electrons. The van der Waals surface area contributed by atoms with Gasteiger partial charge in [0.1, 0.15) is 24.3 Å². The van der Waals surface area contributed by atoms with Crippen molar-refractivity contribution in [1.29, 1.82) is 0 Å². The first-order valence-electron chi connectivity index (χ1n) is 6.62. The Balaban J connectivity index is 2.18. The van der Waals surface area contributed by atoms with Crippen LogP contribution in [0, 0.1) is 11.6 Å². The van der Waals surface area contributed by atoms with E-state index in [1.165, 1.54) is 53.7 Å². The van der Waals surface area contributed by atoms with E-state index in [0.717, 1.165) is 12.1 Å². The molecule has 0 aliphatic heterocycles. The van der Waals surface area contributed by atoms with E-state index in [2.05, 4.69) is 10.1 Å². The molecule has 1 aromatic heterocycles. The quantitative estimate of drug-likeness (QED) is 0.739. The lowest BCUT2D eigenvalue weighted by Gasteiger charge is -2.27. The summed E-state index contributed by atoms with van der Waals surface area (Å²) in [6, 6.07) is 10.8. The fourth-order valence-corrected chi connectivity index (χ4v) is 2.42. The van der Waals surface area contributed by atoms with Gasteiger partial charge in [-0.25, -0.2) is 22.8 Å². The highest BCUT2D eigenvalue weighted by Gasteiger charge is 2.39. The van der Waals surface area contributed by atoms with Gasteiger partial charge in [0, 0.05) is 11.1 Å². The first kappa shape index (κ1) is 14.3. The van der Waals surface area contributed by atoms with Gasteiger partial charge in [-0.3, -0.25) is 0 Å². The number of halogens is 3. The normalized spacial score (nSPS) is 11.6. The van der Waals surface area contributed by atoms with E-state index in [1.807, 2.05) is 0 Å². The molecule has 0 unspecified atom stereocenters. The predicted molar refractivity (Wildman–Crippen MR) is 74.7 cm³/mol. The molecule has 22 heavy (non-hydrogen) atoms. The van der Waals surface area contributed by atoms with E-state index in [4.69, 9.17) is 0 Å². The van der Waals surface area contributed by atoms with E-state index in [9.17, 15) is 8.78 Å². The molecule has 1 heterocycles. The summed E-state index contributed by atoms with van der Waals surface area (Å²) in [5.74, 6) is -1.48. The molecule has 2 aromatic carbocycles. The van der Waals surface area contributed by atoms with Crippen LogP contribution in [0.2, 0.25) is 0 Å². The zero-order valence-corrected chi connectivity index (χ0v) is 11.5. The highest BCUT2D eigenvalue weighted by atomic mass is 19.2. The number of nitrogens with zero attached hydrogens (tertiary/aromatic N) is 3. The summed E-state index contributed by atoms with van der Waals surface area (Å²) in [7, 11) is 0. The second-order valence-corrected chi connectivity index (χ2v) is 4.85. The lowest BCUT2D eigenvalue weighted by molar-refractivity contribution is 0.170. The Bertz CT molecular complexity index is 726. The van der Waals surface area contributed by atoms with Gasteiger partial charge < -0.3 is 0 Å². The van der Waals surface area contributed by atoms with Crippen molar-refractivity contribution in [3.05, 3.63) is 83.9 Å². The monoisotopic (exact) mass is 303 g/mol. The fraction of sp³-hybridized carbons (Fsp3) is 0.125.